The van der Waals surface area contributed by atoms with Gasteiger partial charge in [0.1, 0.15) is 11.9 Å². The van der Waals surface area contributed by atoms with E-state index in [-0.39, 0.29) is 16.7 Å². The van der Waals surface area contributed by atoms with Crippen LogP contribution in [0.5, 0.6) is 0 Å². The summed E-state index contributed by atoms with van der Waals surface area (Å²) in [5.41, 5.74) is 0.690. The van der Waals surface area contributed by atoms with Crippen LogP contribution in [0.3, 0.4) is 0 Å². The number of aromatic nitrogens is 3. The number of carbonyl (C=O) groups is 1. The van der Waals surface area contributed by atoms with Gasteiger partial charge in [-0.2, -0.15) is 9.82 Å². The maximum Gasteiger partial charge on any atom is 0.241 e. The van der Waals surface area contributed by atoms with Gasteiger partial charge in [-0.1, -0.05) is 18.2 Å². The number of amides is 1. The van der Waals surface area contributed by atoms with Gasteiger partial charge < -0.3 is 4.90 Å². The number of nitrogens with zero attached hydrogens (tertiary/aromatic N) is 3. The van der Waals surface area contributed by atoms with Gasteiger partial charge in [-0.25, -0.2) is 13.4 Å². The average molecular weight is 375 g/mol. The highest BCUT2D eigenvalue weighted by Gasteiger charge is 2.36. The molecule has 1 fully saturated rings. The van der Waals surface area contributed by atoms with E-state index in [1.807, 2.05) is 6.92 Å². The van der Waals surface area contributed by atoms with Crippen LogP contribution in [0.25, 0.3) is 0 Å². The van der Waals surface area contributed by atoms with E-state index in [2.05, 4.69) is 19.9 Å². The van der Waals surface area contributed by atoms with Crippen molar-refractivity contribution in [2.45, 2.75) is 43.0 Å². The van der Waals surface area contributed by atoms with Gasteiger partial charge in [0.05, 0.1) is 4.90 Å². The lowest BCUT2D eigenvalue weighted by Gasteiger charge is -2.35. The molecule has 138 valence electrons. The van der Waals surface area contributed by atoms with E-state index >= 15 is 0 Å². The number of rotatable bonds is 2. The van der Waals surface area contributed by atoms with Gasteiger partial charge >= 0.3 is 0 Å². The topological polar surface area (TPSA) is 108 Å². The minimum absolute atomic E-state index is 0.160. The van der Waals surface area contributed by atoms with E-state index in [1.165, 1.54) is 0 Å². The Morgan fingerprint density at radius 2 is 1.96 bits per heavy atom. The molecule has 2 aromatic rings. The summed E-state index contributed by atoms with van der Waals surface area (Å²) in [5, 5.41) is 7.06. The standard InChI is InChI=1S/C17H21N5O3S/c1-11-18-16(20-19-11)12-6-8-22(9-7-12)17(23)14-10-13-4-2-3-5-15(13)26(24,25)21-14/h2-5,12,14,21H,6-10H2,1H3,(H,18,19,20). The summed E-state index contributed by atoms with van der Waals surface area (Å²) in [7, 11) is -3.65. The van der Waals surface area contributed by atoms with Crippen LogP contribution in [0.2, 0.25) is 0 Å². The Morgan fingerprint density at radius 3 is 2.65 bits per heavy atom. The molecule has 2 aliphatic rings. The number of hydrogen-bond acceptors (Lipinski definition) is 5. The van der Waals surface area contributed by atoms with Crippen LogP contribution >= 0.6 is 0 Å². The van der Waals surface area contributed by atoms with Gasteiger partial charge in [0.2, 0.25) is 15.9 Å². The van der Waals surface area contributed by atoms with Gasteiger partial charge in [-0.3, -0.25) is 9.89 Å². The lowest BCUT2D eigenvalue weighted by Crippen LogP contribution is -2.53. The molecular weight excluding hydrogens is 354 g/mol. The third-order valence-electron chi connectivity index (χ3n) is 5.07. The van der Waals surface area contributed by atoms with Gasteiger partial charge in [0, 0.05) is 19.0 Å². The number of fused-ring (bicyclic) bond motifs is 1. The Bertz CT molecular complexity index is 931. The summed E-state index contributed by atoms with van der Waals surface area (Å²) in [6.45, 7) is 3.02. The SMILES string of the molecule is Cc1nc(C2CCN(C(=O)C3Cc4ccccc4S(=O)(=O)N3)CC2)n[nH]1. The molecule has 0 aliphatic carbocycles. The number of aryl methyl sites for hydroxylation is 1. The highest BCUT2D eigenvalue weighted by molar-refractivity contribution is 7.89. The summed E-state index contributed by atoms with van der Waals surface area (Å²) in [5.74, 6) is 1.65. The summed E-state index contributed by atoms with van der Waals surface area (Å²) in [6, 6.07) is 6.09. The molecule has 26 heavy (non-hydrogen) atoms. The maximum atomic E-state index is 12.9. The van der Waals surface area contributed by atoms with Crippen LogP contribution in [-0.2, 0) is 21.2 Å². The summed E-state index contributed by atoms with van der Waals surface area (Å²) in [6.07, 6.45) is 1.94. The van der Waals surface area contributed by atoms with Gasteiger partial charge in [0.25, 0.3) is 0 Å². The van der Waals surface area contributed by atoms with Crippen molar-refractivity contribution in [2.24, 2.45) is 0 Å². The molecule has 0 saturated carbocycles. The van der Waals surface area contributed by atoms with Crippen molar-refractivity contribution in [3.05, 3.63) is 41.5 Å². The second-order valence-electron chi connectivity index (χ2n) is 6.86. The van der Waals surface area contributed by atoms with Crippen molar-refractivity contribution in [1.29, 1.82) is 0 Å². The first-order valence-corrected chi connectivity index (χ1v) is 10.2. The number of sulfonamides is 1. The summed E-state index contributed by atoms with van der Waals surface area (Å²) >= 11 is 0. The molecule has 8 nitrogen and oxygen atoms in total. The molecule has 2 aliphatic heterocycles. The summed E-state index contributed by atoms with van der Waals surface area (Å²) < 4.78 is 27.4. The molecule has 3 heterocycles. The zero-order valence-electron chi connectivity index (χ0n) is 14.5. The van der Waals surface area contributed by atoms with E-state index in [4.69, 9.17) is 0 Å². The smallest absolute Gasteiger partial charge is 0.241 e. The number of likely N-dealkylation sites (tertiary alicyclic amines) is 1. The minimum atomic E-state index is -3.65. The van der Waals surface area contributed by atoms with Crippen molar-refractivity contribution < 1.29 is 13.2 Å². The number of aromatic amines is 1. The molecule has 1 amide bonds. The number of hydrogen-bond donors (Lipinski definition) is 2. The number of H-pyrrole nitrogens is 1. The van der Waals surface area contributed by atoms with Crippen molar-refractivity contribution in [2.75, 3.05) is 13.1 Å². The minimum Gasteiger partial charge on any atom is -0.341 e. The third kappa shape index (κ3) is 3.12. The lowest BCUT2D eigenvalue weighted by atomic mass is 9.95. The van der Waals surface area contributed by atoms with E-state index < -0.39 is 16.1 Å². The molecule has 1 aromatic carbocycles. The maximum absolute atomic E-state index is 12.9. The fraction of sp³-hybridized carbons (Fsp3) is 0.471. The van der Waals surface area contributed by atoms with Gasteiger partial charge in [-0.05, 0) is 37.8 Å². The van der Waals surface area contributed by atoms with Crippen LogP contribution in [0.1, 0.15) is 36.0 Å². The van der Waals surface area contributed by atoms with Crippen molar-refractivity contribution in [3.8, 4) is 0 Å². The molecule has 1 aromatic heterocycles. The number of piperidine rings is 1. The molecule has 1 saturated heterocycles. The molecule has 0 radical (unpaired) electrons. The number of carbonyl (C=O) groups excluding carboxylic acids is 1. The predicted octanol–water partition coefficient (Wildman–Crippen LogP) is 0.722. The van der Waals surface area contributed by atoms with E-state index in [1.54, 1.807) is 29.2 Å². The number of nitrogens with one attached hydrogen (secondary N) is 2. The van der Waals surface area contributed by atoms with E-state index in [9.17, 15) is 13.2 Å². The quantitative estimate of drug-likeness (QED) is 0.804. The summed E-state index contributed by atoms with van der Waals surface area (Å²) in [4.78, 5) is 19.2. The third-order valence-corrected chi connectivity index (χ3v) is 6.64. The lowest BCUT2D eigenvalue weighted by molar-refractivity contribution is -0.134. The van der Waals surface area contributed by atoms with Crippen LogP contribution in [0.15, 0.2) is 29.2 Å². The Labute approximate surface area is 152 Å². The first kappa shape index (κ1) is 17.2. The molecular formula is C17H21N5O3S. The second-order valence-corrected chi connectivity index (χ2v) is 8.55. The Hall–Kier alpha value is -2.26. The fourth-order valence-corrected chi connectivity index (χ4v) is 5.15. The van der Waals surface area contributed by atoms with Gasteiger partial charge in [-0.15, -0.1) is 0 Å². The number of benzene rings is 1. The Balaban J connectivity index is 1.45. The van der Waals surface area contributed by atoms with Crippen molar-refractivity contribution in [1.82, 2.24) is 24.8 Å². The first-order chi connectivity index (χ1) is 12.4. The molecule has 0 spiro atoms. The van der Waals surface area contributed by atoms with E-state index in [0.29, 0.717) is 25.1 Å². The first-order valence-electron chi connectivity index (χ1n) is 8.72. The van der Waals surface area contributed by atoms with Crippen LogP contribution < -0.4 is 4.72 Å². The molecule has 2 N–H and O–H groups in total. The molecule has 1 atom stereocenters. The monoisotopic (exact) mass is 375 g/mol. The Kier molecular flexibility index (Phi) is 4.28. The predicted molar refractivity (Wildman–Crippen MR) is 93.9 cm³/mol. The normalized spacial score (nSPS) is 22.8. The van der Waals surface area contributed by atoms with Crippen LogP contribution in [0, 0.1) is 6.92 Å². The average Bonchev–Trinajstić information content (AvgIpc) is 3.07. The molecule has 0 bridgehead atoms. The molecule has 1 unspecified atom stereocenters. The molecule has 9 heteroatoms. The zero-order valence-corrected chi connectivity index (χ0v) is 15.3. The largest absolute Gasteiger partial charge is 0.341 e. The van der Waals surface area contributed by atoms with Crippen molar-refractivity contribution in [3.63, 3.8) is 0 Å². The zero-order chi connectivity index (χ0) is 18.3. The van der Waals surface area contributed by atoms with Crippen LogP contribution in [-0.4, -0.2) is 53.5 Å². The highest BCUT2D eigenvalue weighted by Crippen LogP contribution is 2.27. The van der Waals surface area contributed by atoms with Crippen molar-refractivity contribution >= 4 is 15.9 Å². The van der Waals surface area contributed by atoms with Crippen LogP contribution in [0.4, 0.5) is 0 Å². The van der Waals surface area contributed by atoms with E-state index in [0.717, 1.165) is 24.5 Å². The fourth-order valence-electron chi connectivity index (χ4n) is 3.71. The molecule has 4 rings (SSSR count). The second kappa shape index (κ2) is 6.48. The van der Waals surface area contributed by atoms with Gasteiger partial charge in [0.15, 0.2) is 5.82 Å². The Morgan fingerprint density at radius 1 is 1.23 bits per heavy atom. The highest BCUT2D eigenvalue weighted by atomic mass is 32.2.